The monoisotopic (exact) mass is 162 g/mol. The molecule has 1 N–H and O–H groups in total. The van der Waals surface area contributed by atoms with Gasteiger partial charge >= 0.3 is 0 Å². The molecule has 0 spiro atoms. The van der Waals surface area contributed by atoms with Gasteiger partial charge in [0.25, 0.3) is 0 Å². The van der Waals surface area contributed by atoms with E-state index in [-0.39, 0.29) is 0 Å². The van der Waals surface area contributed by atoms with Gasteiger partial charge in [-0.25, -0.2) is 0 Å². The summed E-state index contributed by atoms with van der Waals surface area (Å²) in [7, 11) is 0. The molecule has 1 aliphatic rings. The van der Waals surface area contributed by atoms with Gasteiger partial charge in [-0.2, -0.15) is 0 Å². The topological polar surface area (TPSA) is 24.9 Å². The minimum absolute atomic E-state index is 0.693. The van der Waals surface area contributed by atoms with Gasteiger partial charge in [-0.3, -0.25) is 4.98 Å². The van der Waals surface area contributed by atoms with Crippen LogP contribution in [-0.2, 0) is 0 Å². The first-order chi connectivity index (χ1) is 5.88. The van der Waals surface area contributed by atoms with E-state index in [1.165, 1.54) is 17.5 Å². The van der Waals surface area contributed by atoms with Gasteiger partial charge in [-0.05, 0) is 43.0 Å². The SMILES string of the molecule is Cc1ccncc1C1CCNC1. The van der Waals surface area contributed by atoms with Crippen molar-refractivity contribution in [2.45, 2.75) is 19.3 Å². The number of aromatic nitrogens is 1. The minimum Gasteiger partial charge on any atom is -0.316 e. The van der Waals surface area contributed by atoms with E-state index in [0.29, 0.717) is 5.92 Å². The molecule has 2 heteroatoms. The molecule has 1 fully saturated rings. The van der Waals surface area contributed by atoms with Crippen molar-refractivity contribution in [3.8, 4) is 0 Å². The number of nitrogens with one attached hydrogen (secondary N) is 1. The lowest BCUT2D eigenvalue weighted by atomic mass is 9.96. The highest BCUT2D eigenvalue weighted by Crippen LogP contribution is 2.23. The van der Waals surface area contributed by atoms with Crippen LogP contribution in [0.1, 0.15) is 23.5 Å². The number of hydrogen-bond acceptors (Lipinski definition) is 2. The van der Waals surface area contributed by atoms with Crippen LogP contribution < -0.4 is 5.32 Å². The molecule has 64 valence electrons. The van der Waals surface area contributed by atoms with E-state index >= 15 is 0 Å². The molecular weight excluding hydrogens is 148 g/mol. The van der Waals surface area contributed by atoms with E-state index in [2.05, 4.69) is 23.3 Å². The van der Waals surface area contributed by atoms with Crippen LogP contribution in [0.25, 0.3) is 0 Å². The molecule has 0 bridgehead atoms. The zero-order chi connectivity index (χ0) is 8.39. The molecular formula is C10H14N2. The Labute approximate surface area is 73.0 Å². The van der Waals surface area contributed by atoms with E-state index in [9.17, 15) is 0 Å². The standard InChI is InChI=1S/C10H14N2/c1-8-2-4-12-7-10(8)9-3-5-11-6-9/h2,4,7,9,11H,3,5-6H2,1H3. The van der Waals surface area contributed by atoms with Crippen LogP contribution in [0.4, 0.5) is 0 Å². The van der Waals surface area contributed by atoms with Gasteiger partial charge in [0.1, 0.15) is 0 Å². The minimum atomic E-state index is 0.693. The van der Waals surface area contributed by atoms with E-state index in [1.807, 2.05) is 12.4 Å². The summed E-state index contributed by atoms with van der Waals surface area (Å²) in [6, 6.07) is 2.09. The Bertz CT molecular complexity index is 264. The van der Waals surface area contributed by atoms with Gasteiger partial charge in [0.2, 0.25) is 0 Å². The second-order valence-electron chi connectivity index (χ2n) is 3.42. The second kappa shape index (κ2) is 3.23. The quantitative estimate of drug-likeness (QED) is 0.676. The molecule has 1 atom stereocenters. The number of nitrogens with zero attached hydrogens (tertiary/aromatic N) is 1. The molecule has 0 aliphatic carbocycles. The average Bonchev–Trinajstić information content (AvgIpc) is 2.57. The van der Waals surface area contributed by atoms with Crippen molar-refractivity contribution in [3.63, 3.8) is 0 Å². The summed E-state index contributed by atoms with van der Waals surface area (Å²) >= 11 is 0. The fourth-order valence-corrected chi connectivity index (χ4v) is 1.82. The van der Waals surface area contributed by atoms with Gasteiger partial charge in [-0.1, -0.05) is 0 Å². The number of hydrogen-bond donors (Lipinski definition) is 1. The summed E-state index contributed by atoms with van der Waals surface area (Å²) in [6.45, 7) is 4.43. The van der Waals surface area contributed by atoms with Gasteiger partial charge in [-0.15, -0.1) is 0 Å². The van der Waals surface area contributed by atoms with Gasteiger partial charge in [0.15, 0.2) is 0 Å². The molecule has 0 radical (unpaired) electrons. The predicted octanol–water partition coefficient (Wildman–Crippen LogP) is 1.47. The Morgan fingerprint density at radius 1 is 1.58 bits per heavy atom. The Morgan fingerprint density at radius 3 is 3.17 bits per heavy atom. The summed E-state index contributed by atoms with van der Waals surface area (Å²) < 4.78 is 0. The van der Waals surface area contributed by atoms with Crippen LogP contribution in [0.2, 0.25) is 0 Å². The highest BCUT2D eigenvalue weighted by molar-refractivity contribution is 5.26. The lowest BCUT2D eigenvalue weighted by Gasteiger charge is -2.10. The predicted molar refractivity (Wildman–Crippen MR) is 49.2 cm³/mol. The molecule has 1 saturated heterocycles. The van der Waals surface area contributed by atoms with Crippen LogP contribution in [0, 0.1) is 6.92 Å². The highest BCUT2D eigenvalue weighted by atomic mass is 14.9. The van der Waals surface area contributed by atoms with Crippen LogP contribution in [-0.4, -0.2) is 18.1 Å². The fourth-order valence-electron chi connectivity index (χ4n) is 1.82. The lowest BCUT2D eigenvalue weighted by molar-refractivity contribution is 0.752. The number of rotatable bonds is 1. The largest absolute Gasteiger partial charge is 0.316 e. The summed E-state index contributed by atoms with van der Waals surface area (Å²) in [5.41, 5.74) is 2.79. The molecule has 0 aromatic carbocycles. The average molecular weight is 162 g/mol. The second-order valence-corrected chi connectivity index (χ2v) is 3.42. The zero-order valence-electron chi connectivity index (χ0n) is 7.38. The fraction of sp³-hybridized carbons (Fsp3) is 0.500. The molecule has 1 aromatic heterocycles. The number of aryl methyl sites for hydroxylation is 1. The van der Waals surface area contributed by atoms with Crippen molar-refractivity contribution in [1.29, 1.82) is 0 Å². The first-order valence-electron chi connectivity index (χ1n) is 4.49. The lowest BCUT2D eigenvalue weighted by Crippen LogP contribution is -2.08. The summed E-state index contributed by atoms with van der Waals surface area (Å²) in [6.07, 6.45) is 5.13. The molecule has 1 aromatic rings. The highest BCUT2D eigenvalue weighted by Gasteiger charge is 2.17. The summed E-state index contributed by atoms with van der Waals surface area (Å²) in [4.78, 5) is 4.16. The summed E-state index contributed by atoms with van der Waals surface area (Å²) in [5.74, 6) is 0.693. The van der Waals surface area contributed by atoms with E-state index in [0.717, 1.165) is 13.1 Å². The van der Waals surface area contributed by atoms with Crippen LogP contribution in [0.5, 0.6) is 0 Å². The van der Waals surface area contributed by atoms with Crippen LogP contribution >= 0.6 is 0 Å². The molecule has 0 saturated carbocycles. The molecule has 0 amide bonds. The van der Waals surface area contributed by atoms with Crippen molar-refractivity contribution >= 4 is 0 Å². The van der Waals surface area contributed by atoms with Crippen molar-refractivity contribution < 1.29 is 0 Å². The third-order valence-electron chi connectivity index (χ3n) is 2.58. The molecule has 12 heavy (non-hydrogen) atoms. The Balaban J connectivity index is 2.26. The van der Waals surface area contributed by atoms with Crippen molar-refractivity contribution in [1.82, 2.24) is 10.3 Å². The Hall–Kier alpha value is -0.890. The van der Waals surface area contributed by atoms with Crippen molar-refractivity contribution in [2.24, 2.45) is 0 Å². The smallest absolute Gasteiger partial charge is 0.0305 e. The van der Waals surface area contributed by atoms with Crippen molar-refractivity contribution in [3.05, 3.63) is 29.6 Å². The van der Waals surface area contributed by atoms with Crippen molar-refractivity contribution in [2.75, 3.05) is 13.1 Å². The molecule has 1 aliphatic heterocycles. The maximum atomic E-state index is 4.16. The third kappa shape index (κ3) is 1.34. The molecule has 2 heterocycles. The normalized spacial score (nSPS) is 22.9. The van der Waals surface area contributed by atoms with Gasteiger partial charge in [0, 0.05) is 18.9 Å². The van der Waals surface area contributed by atoms with Gasteiger partial charge in [0.05, 0.1) is 0 Å². The first kappa shape index (κ1) is 7.74. The molecule has 2 rings (SSSR count). The molecule has 2 nitrogen and oxygen atoms in total. The zero-order valence-corrected chi connectivity index (χ0v) is 7.38. The summed E-state index contributed by atoms with van der Waals surface area (Å²) in [5, 5.41) is 3.37. The van der Waals surface area contributed by atoms with Gasteiger partial charge < -0.3 is 5.32 Å². The Morgan fingerprint density at radius 2 is 2.50 bits per heavy atom. The Kier molecular flexibility index (Phi) is 2.09. The maximum Gasteiger partial charge on any atom is 0.0305 e. The third-order valence-corrected chi connectivity index (χ3v) is 2.58. The van der Waals surface area contributed by atoms with E-state index in [4.69, 9.17) is 0 Å². The van der Waals surface area contributed by atoms with E-state index < -0.39 is 0 Å². The van der Waals surface area contributed by atoms with Crippen LogP contribution in [0.3, 0.4) is 0 Å². The number of pyridine rings is 1. The first-order valence-corrected chi connectivity index (χ1v) is 4.49. The van der Waals surface area contributed by atoms with E-state index in [1.54, 1.807) is 0 Å². The molecule has 1 unspecified atom stereocenters. The maximum absolute atomic E-state index is 4.16. The van der Waals surface area contributed by atoms with Crippen LogP contribution in [0.15, 0.2) is 18.5 Å².